The molecule has 1 aromatic carbocycles. The summed E-state index contributed by atoms with van der Waals surface area (Å²) in [5.74, 6) is 1.53. The monoisotopic (exact) mass is 410 g/mol. The number of nitrogens with one attached hydrogen (secondary N) is 1. The number of fused-ring (bicyclic) bond motifs is 3. The molecular weight excluding hydrogens is 384 g/mol. The van der Waals surface area contributed by atoms with Gasteiger partial charge in [0.05, 0.1) is 10.0 Å². The van der Waals surface area contributed by atoms with Gasteiger partial charge in [0, 0.05) is 24.6 Å². The molecule has 1 saturated carbocycles. The maximum absolute atomic E-state index is 12.4. The van der Waals surface area contributed by atoms with E-state index in [2.05, 4.69) is 42.0 Å². The zero-order chi connectivity index (χ0) is 18.4. The highest BCUT2D eigenvalue weighted by atomic mass is 79.9. The van der Waals surface area contributed by atoms with Gasteiger partial charge in [-0.2, -0.15) is 0 Å². The van der Waals surface area contributed by atoms with E-state index >= 15 is 0 Å². The van der Waals surface area contributed by atoms with Gasteiger partial charge in [0.2, 0.25) is 0 Å². The van der Waals surface area contributed by atoms with E-state index in [9.17, 15) is 9.90 Å². The summed E-state index contributed by atoms with van der Waals surface area (Å²) in [6.45, 7) is 7.23. The molecule has 0 spiro atoms. The summed E-state index contributed by atoms with van der Waals surface area (Å²) >= 11 is 3.55. The van der Waals surface area contributed by atoms with Crippen molar-refractivity contribution in [1.82, 2.24) is 5.32 Å². The Morgan fingerprint density at radius 3 is 2.88 bits per heavy atom. The number of rotatable bonds is 3. The third-order valence-electron chi connectivity index (χ3n) is 5.66. The Bertz CT molecular complexity index is 690. The van der Waals surface area contributed by atoms with Gasteiger partial charge in [-0.3, -0.25) is 4.79 Å². The molecule has 4 N–H and O–H groups in total. The molecule has 0 saturated heterocycles. The molecule has 6 heteroatoms. The first kappa shape index (κ1) is 18.5. The third kappa shape index (κ3) is 3.26. The fraction of sp³-hybridized carbons (Fsp3) is 0.632. The number of phenolic OH excluding ortho intramolecular Hbond substituents is 1. The van der Waals surface area contributed by atoms with E-state index in [1.54, 1.807) is 6.07 Å². The summed E-state index contributed by atoms with van der Waals surface area (Å²) in [7, 11) is 0. The van der Waals surface area contributed by atoms with Gasteiger partial charge in [-0.1, -0.05) is 13.3 Å². The zero-order valence-electron chi connectivity index (χ0n) is 15.1. The van der Waals surface area contributed by atoms with Gasteiger partial charge >= 0.3 is 0 Å². The van der Waals surface area contributed by atoms with E-state index in [1.807, 2.05) is 0 Å². The predicted octanol–water partition coefficient (Wildman–Crippen LogP) is 3.53. The van der Waals surface area contributed by atoms with Crippen molar-refractivity contribution < 1.29 is 14.6 Å². The van der Waals surface area contributed by atoms with E-state index in [0.29, 0.717) is 35.1 Å². The van der Waals surface area contributed by atoms with E-state index in [1.165, 1.54) is 6.42 Å². The number of halogens is 1. The molecule has 0 aromatic heterocycles. The van der Waals surface area contributed by atoms with Crippen molar-refractivity contribution in [2.45, 2.75) is 51.6 Å². The first-order valence-electron chi connectivity index (χ1n) is 8.99. The van der Waals surface area contributed by atoms with Gasteiger partial charge < -0.3 is 20.9 Å². The molecule has 3 atom stereocenters. The molecule has 1 aliphatic heterocycles. The summed E-state index contributed by atoms with van der Waals surface area (Å²) in [6.07, 6.45) is 3.24. The van der Waals surface area contributed by atoms with Gasteiger partial charge in [0.1, 0.15) is 17.1 Å². The quantitative estimate of drug-likeness (QED) is 0.711. The first-order chi connectivity index (χ1) is 11.8. The summed E-state index contributed by atoms with van der Waals surface area (Å²) in [5, 5.41) is 13.7. The topological polar surface area (TPSA) is 84.6 Å². The van der Waals surface area contributed by atoms with Crippen molar-refractivity contribution in [2.24, 2.45) is 17.6 Å². The molecule has 1 heterocycles. The Balaban J connectivity index is 2.10. The lowest BCUT2D eigenvalue weighted by Crippen LogP contribution is -2.47. The molecule has 138 valence electrons. The van der Waals surface area contributed by atoms with Crippen LogP contribution in [0.4, 0.5) is 0 Å². The molecular formula is C19H27BrN2O3. The Labute approximate surface area is 157 Å². The lowest BCUT2D eigenvalue weighted by molar-refractivity contribution is -0.0152. The highest BCUT2D eigenvalue weighted by Crippen LogP contribution is 2.57. The van der Waals surface area contributed by atoms with Crippen LogP contribution in [0.15, 0.2) is 10.5 Å². The molecule has 3 rings (SSSR count). The highest BCUT2D eigenvalue weighted by Gasteiger charge is 2.48. The number of benzene rings is 1. The summed E-state index contributed by atoms with van der Waals surface area (Å²) in [4.78, 5) is 12.4. The Kier molecular flexibility index (Phi) is 5.04. The van der Waals surface area contributed by atoms with Gasteiger partial charge in [0.15, 0.2) is 0 Å². The van der Waals surface area contributed by atoms with Gasteiger partial charge in [-0.25, -0.2) is 0 Å². The van der Waals surface area contributed by atoms with Crippen LogP contribution in [0.25, 0.3) is 0 Å². The molecule has 0 unspecified atom stereocenters. The van der Waals surface area contributed by atoms with E-state index in [0.717, 1.165) is 18.4 Å². The molecule has 1 aromatic rings. The average Bonchev–Trinajstić information content (AvgIpc) is 2.54. The number of amides is 1. The van der Waals surface area contributed by atoms with Crippen molar-refractivity contribution in [3.8, 4) is 11.5 Å². The van der Waals surface area contributed by atoms with Gasteiger partial charge in [0.25, 0.3) is 5.91 Å². The van der Waals surface area contributed by atoms with Gasteiger partial charge in [-0.15, -0.1) is 0 Å². The Hall–Kier alpha value is -1.27. The number of ether oxygens (including phenoxy) is 1. The molecule has 25 heavy (non-hydrogen) atoms. The van der Waals surface area contributed by atoms with Crippen LogP contribution in [-0.2, 0) is 0 Å². The SMILES string of the molecule is C[C@@H]1CC[C@@H]2[C@@H](C1)c1c(O)c(C(=O)NCCN)cc(Br)c1OC2(C)C. The maximum atomic E-state index is 12.4. The molecule has 2 aliphatic rings. The lowest BCUT2D eigenvalue weighted by Gasteiger charge is -2.49. The van der Waals surface area contributed by atoms with Crippen LogP contribution in [0.3, 0.4) is 0 Å². The Morgan fingerprint density at radius 2 is 2.20 bits per heavy atom. The summed E-state index contributed by atoms with van der Waals surface area (Å²) < 4.78 is 7.00. The van der Waals surface area contributed by atoms with Crippen LogP contribution in [0.1, 0.15) is 61.9 Å². The standard InChI is InChI=1S/C19H27BrN2O3/c1-10-4-5-13-11(8-10)15-16(23)12(18(24)22-7-6-21)9-14(20)17(15)25-19(13,2)3/h9-11,13,23H,4-8,21H2,1-3H3,(H,22,24)/t10-,11-,13-/m1/s1. The fourth-order valence-corrected chi connectivity index (χ4v) is 4.94. The average molecular weight is 411 g/mol. The van der Waals surface area contributed by atoms with Crippen LogP contribution in [-0.4, -0.2) is 29.7 Å². The number of hydrogen-bond acceptors (Lipinski definition) is 4. The normalized spacial score (nSPS) is 27.0. The minimum absolute atomic E-state index is 0.0484. The van der Waals surface area contributed by atoms with Crippen LogP contribution >= 0.6 is 15.9 Å². The third-order valence-corrected chi connectivity index (χ3v) is 6.25. The van der Waals surface area contributed by atoms with Crippen LogP contribution in [0.2, 0.25) is 0 Å². The lowest BCUT2D eigenvalue weighted by atomic mass is 9.64. The number of nitrogens with two attached hydrogens (primary N) is 1. The molecule has 5 nitrogen and oxygen atoms in total. The van der Waals surface area contributed by atoms with Crippen molar-refractivity contribution in [2.75, 3.05) is 13.1 Å². The van der Waals surface area contributed by atoms with Crippen LogP contribution in [0, 0.1) is 11.8 Å². The smallest absolute Gasteiger partial charge is 0.255 e. The second kappa shape index (κ2) is 6.80. The minimum atomic E-state index is -0.309. The van der Waals surface area contributed by atoms with Crippen molar-refractivity contribution in [1.29, 1.82) is 0 Å². The number of hydrogen-bond donors (Lipinski definition) is 3. The highest BCUT2D eigenvalue weighted by molar-refractivity contribution is 9.10. The molecule has 1 fully saturated rings. The van der Waals surface area contributed by atoms with Crippen LogP contribution in [0.5, 0.6) is 11.5 Å². The number of aromatic hydroxyl groups is 1. The number of carbonyl (C=O) groups excluding carboxylic acids is 1. The van der Waals surface area contributed by atoms with E-state index in [-0.39, 0.29) is 28.7 Å². The van der Waals surface area contributed by atoms with E-state index < -0.39 is 0 Å². The minimum Gasteiger partial charge on any atom is -0.507 e. The molecule has 0 bridgehead atoms. The van der Waals surface area contributed by atoms with Gasteiger partial charge in [-0.05, 0) is 60.5 Å². The first-order valence-corrected chi connectivity index (χ1v) is 9.78. The second-order valence-electron chi connectivity index (χ2n) is 7.88. The van der Waals surface area contributed by atoms with Crippen molar-refractivity contribution >= 4 is 21.8 Å². The largest absolute Gasteiger partial charge is 0.507 e. The summed E-state index contributed by atoms with van der Waals surface area (Å²) in [6, 6.07) is 1.64. The molecule has 0 radical (unpaired) electrons. The fourth-order valence-electron chi connectivity index (χ4n) is 4.41. The van der Waals surface area contributed by atoms with E-state index in [4.69, 9.17) is 10.5 Å². The second-order valence-corrected chi connectivity index (χ2v) is 8.73. The zero-order valence-corrected chi connectivity index (χ0v) is 16.6. The predicted molar refractivity (Wildman–Crippen MR) is 101 cm³/mol. The number of carbonyl (C=O) groups is 1. The van der Waals surface area contributed by atoms with Crippen molar-refractivity contribution in [3.63, 3.8) is 0 Å². The molecule has 1 aliphatic carbocycles. The number of phenols is 1. The maximum Gasteiger partial charge on any atom is 0.255 e. The summed E-state index contributed by atoms with van der Waals surface area (Å²) in [5.41, 5.74) is 6.22. The van der Waals surface area contributed by atoms with Crippen LogP contribution < -0.4 is 15.8 Å². The van der Waals surface area contributed by atoms with Crippen molar-refractivity contribution in [3.05, 3.63) is 21.7 Å². The Morgan fingerprint density at radius 1 is 1.48 bits per heavy atom. The molecule has 1 amide bonds.